The normalized spacial score (nSPS) is 19.2. The molecule has 3 aromatic carbocycles. The van der Waals surface area contributed by atoms with Crippen LogP contribution in [0.25, 0.3) is 0 Å². The summed E-state index contributed by atoms with van der Waals surface area (Å²) in [5, 5.41) is 3.26. The molecule has 7 heteroatoms. The minimum Gasteiger partial charge on any atom is -0.350 e. The average Bonchev–Trinajstić information content (AvgIpc) is 3.03. The lowest BCUT2D eigenvalue weighted by Crippen LogP contribution is -2.63. The van der Waals surface area contributed by atoms with Crippen LogP contribution in [0.1, 0.15) is 35.7 Å². The SMILES string of the molecule is CCCCN1C(=O)[C@]2(Nc3ccccc3C(=O)N2c2ccc(F)c(Cl)c2)c2ccccc21. The Labute approximate surface area is 190 Å². The minimum atomic E-state index is -1.50. The molecule has 1 spiro atoms. The Hall–Kier alpha value is -3.38. The van der Waals surface area contributed by atoms with Gasteiger partial charge in [0.1, 0.15) is 5.82 Å². The number of hydrogen-bond donors (Lipinski definition) is 1. The van der Waals surface area contributed by atoms with Crippen molar-refractivity contribution in [2.75, 3.05) is 21.7 Å². The third-order valence-corrected chi connectivity index (χ3v) is 6.34. The van der Waals surface area contributed by atoms with Crippen LogP contribution in [-0.2, 0) is 10.5 Å². The number of para-hydroxylation sites is 2. The molecule has 2 heterocycles. The van der Waals surface area contributed by atoms with Crippen LogP contribution < -0.4 is 15.1 Å². The van der Waals surface area contributed by atoms with Gasteiger partial charge in [0.15, 0.2) is 0 Å². The van der Waals surface area contributed by atoms with E-state index in [-0.39, 0.29) is 16.8 Å². The molecule has 5 nitrogen and oxygen atoms in total. The second-order valence-corrected chi connectivity index (χ2v) is 8.35. The molecule has 32 heavy (non-hydrogen) atoms. The van der Waals surface area contributed by atoms with Crippen molar-refractivity contribution in [2.45, 2.75) is 25.4 Å². The number of amides is 2. The van der Waals surface area contributed by atoms with Gasteiger partial charge in [-0.2, -0.15) is 0 Å². The summed E-state index contributed by atoms with van der Waals surface area (Å²) in [6, 6.07) is 18.6. The van der Waals surface area contributed by atoms with E-state index in [1.807, 2.05) is 30.3 Å². The number of carbonyl (C=O) groups excluding carboxylic acids is 2. The molecule has 1 atom stereocenters. The van der Waals surface area contributed by atoms with E-state index >= 15 is 0 Å². The number of benzene rings is 3. The van der Waals surface area contributed by atoms with Crippen molar-refractivity contribution in [3.05, 3.63) is 88.7 Å². The highest BCUT2D eigenvalue weighted by molar-refractivity contribution is 6.31. The molecule has 3 aromatic rings. The molecular formula is C25H21ClFN3O2. The van der Waals surface area contributed by atoms with Crippen LogP contribution in [0.15, 0.2) is 66.7 Å². The standard InChI is InChI=1S/C25H21ClFN3O2/c1-2-3-14-29-22-11-7-5-9-18(22)25(24(29)32)28-21-10-6-4-8-17(21)23(31)30(25)16-12-13-20(27)19(26)15-16/h4-13,15,28H,2-3,14H2,1H3/t25-/m0/s1. The van der Waals surface area contributed by atoms with Crippen molar-refractivity contribution in [2.24, 2.45) is 0 Å². The Morgan fingerprint density at radius 2 is 1.78 bits per heavy atom. The molecular weight excluding hydrogens is 429 g/mol. The average molecular weight is 450 g/mol. The number of anilines is 3. The van der Waals surface area contributed by atoms with E-state index in [1.165, 1.54) is 23.1 Å². The number of halogens is 2. The zero-order valence-corrected chi connectivity index (χ0v) is 18.2. The molecule has 2 aliphatic heterocycles. The van der Waals surface area contributed by atoms with Crippen LogP contribution in [-0.4, -0.2) is 18.4 Å². The maximum atomic E-state index is 14.1. The lowest BCUT2D eigenvalue weighted by Gasteiger charge is -2.45. The highest BCUT2D eigenvalue weighted by Gasteiger charge is 2.59. The van der Waals surface area contributed by atoms with Gasteiger partial charge in [-0.25, -0.2) is 4.39 Å². The maximum Gasteiger partial charge on any atom is 0.279 e. The molecule has 0 saturated heterocycles. The van der Waals surface area contributed by atoms with Crippen molar-refractivity contribution >= 4 is 40.5 Å². The number of hydrogen-bond acceptors (Lipinski definition) is 3. The number of rotatable bonds is 4. The smallest absolute Gasteiger partial charge is 0.279 e. The van der Waals surface area contributed by atoms with Crippen LogP contribution in [0.2, 0.25) is 5.02 Å². The molecule has 5 rings (SSSR count). The second kappa shape index (κ2) is 7.64. The van der Waals surface area contributed by atoms with Gasteiger partial charge in [-0.1, -0.05) is 55.3 Å². The summed E-state index contributed by atoms with van der Waals surface area (Å²) in [6.07, 6.45) is 1.74. The topological polar surface area (TPSA) is 52.7 Å². The molecule has 0 fully saturated rings. The Morgan fingerprint density at radius 3 is 2.56 bits per heavy atom. The van der Waals surface area contributed by atoms with E-state index in [0.29, 0.717) is 29.0 Å². The molecule has 0 saturated carbocycles. The largest absolute Gasteiger partial charge is 0.350 e. The predicted molar refractivity (Wildman–Crippen MR) is 124 cm³/mol. The molecule has 1 N–H and O–H groups in total. The zero-order chi connectivity index (χ0) is 22.5. The van der Waals surface area contributed by atoms with Crippen LogP contribution in [0, 0.1) is 5.82 Å². The van der Waals surface area contributed by atoms with E-state index in [0.717, 1.165) is 18.5 Å². The Balaban J connectivity index is 1.78. The van der Waals surface area contributed by atoms with Gasteiger partial charge in [0.05, 0.1) is 16.3 Å². The first-order chi connectivity index (χ1) is 15.5. The van der Waals surface area contributed by atoms with Crippen molar-refractivity contribution in [1.82, 2.24) is 0 Å². The zero-order valence-electron chi connectivity index (χ0n) is 17.4. The third-order valence-electron chi connectivity index (χ3n) is 6.05. The maximum absolute atomic E-state index is 14.1. The van der Waals surface area contributed by atoms with Gasteiger partial charge in [0.25, 0.3) is 11.8 Å². The van der Waals surface area contributed by atoms with E-state index < -0.39 is 11.5 Å². The lowest BCUT2D eigenvalue weighted by molar-refractivity contribution is -0.122. The predicted octanol–water partition coefficient (Wildman–Crippen LogP) is 5.55. The molecule has 0 aromatic heterocycles. The van der Waals surface area contributed by atoms with E-state index in [4.69, 9.17) is 11.6 Å². The fourth-order valence-corrected chi connectivity index (χ4v) is 4.72. The molecule has 0 bridgehead atoms. The van der Waals surface area contributed by atoms with Crippen molar-refractivity contribution in [3.63, 3.8) is 0 Å². The number of carbonyl (C=O) groups is 2. The summed E-state index contributed by atoms with van der Waals surface area (Å²) in [5.41, 5.74) is 1.26. The number of unbranched alkanes of at least 4 members (excludes halogenated alkanes) is 1. The monoisotopic (exact) mass is 449 g/mol. The van der Waals surface area contributed by atoms with Crippen molar-refractivity contribution in [3.8, 4) is 0 Å². The summed E-state index contributed by atoms with van der Waals surface area (Å²) < 4.78 is 14.0. The quantitative estimate of drug-likeness (QED) is 0.568. The van der Waals surface area contributed by atoms with Gasteiger partial charge >= 0.3 is 0 Å². The van der Waals surface area contributed by atoms with Crippen LogP contribution in [0.5, 0.6) is 0 Å². The molecule has 2 aliphatic rings. The summed E-state index contributed by atoms with van der Waals surface area (Å²) in [7, 11) is 0. The van der Waals surface area contributed by atoms with Gasteiger partial charge in [-0.3, -0.25) is 14.5 Å². The fraction of sp³-hybridized carbons (Fsp3) is 0.200. The summed E-state index contributed by atoms with van der Waals surface area (Å²) in [4.78, 5) is 31.1. The number of nitrogens with zero attached hydrogens (tertiary/aromatic N) is 2. The summed E-state index contributed by atoms with van der Waals surface area (Å²) >= 11 is 6.08. The molecule has 162 valence electrons. The molecule has 0 radical (unpaired) electrons. The highest BCUT2D eigenvalue weighted by Crippen LogP contribution is 2.49. The molecule has 0 aliphatic carbocycles. The van der Waals surface area contributed by atoms with Gasteiger partial charge in [0.2, 0.25) is 5.66 Å². The van der Waals surface area contributed by atoms with E-state index in [9.17, 15) is 14.0 Å². The van der Waals surface area contributed by atoms with Gasteiger partial charge < -0.3 is 10.2 Å². The fourth-order valence-electron chi connectivity index (χ4n) is 4.55. The highest BCUT2D eigenvalue weighted by atomic mass is 35.5. The van der Waals surface area contributed by atoms with Crippen molar-refractivity contribution in [1.29, 1.82) is 0 Å². The van der Waals surface area contributed by atoms with Crippen LogP contribution in [0.4, 0.5) is 21.5 Å². The first-order valence-corrected chi connectivity index (χ1v) is 10.9. The van der Waals surface area contributed by atoms with Gasteiger partial charge in [-0.05, 0) is 42.8 Å². The Bertz CT molecular complexity index is 1250. The van der Waals surface area contributed by atoms with Crippen molar-refractivity contribution < 1.29 is 14.0 Å². The summed E-state index contributed by atoms with van der Waals surface area (Å²) in [5.74, 6) is -1.21. The number of fused-ring (bicyclic) bond motifs is 3. The Kier molecular flexibility index (Phi) is 4.90. The number of nitrogens with one attached hydrogen (secondary N) is 1. The van der Waals surface area contributed by atoms with Crippen LogP contribution in [0.3, 0.4) is 0 Å². The first-order valence-electron chi connectivity index (χ1n) is 10.6. The Morgan fingerprint density at radius 1 is 1.03 bits per heavy atom. The van der Waals surface area contributed by atoms with E-state index in [2.05, 4.69) is 12.2 Å². The van der Waals surface area contributed by atoms with Crippen LogP contribution >= 0.6 is 11.6 Å². The third kappa shape index (κ3) is 2.83. The molecule has 2 amide bonds. The minimum absolute atomic E-state index is 0.120. The molecule has 0 unspecified atom stereocenters. The first kappa shape index (κ1) is 20.5. The van der Waals surface area contributed by atoms with Gasteiger partial charge in [0, 0.05) is 23.5 Å². The second-order valence-electron chi connectivity index (χ2n) is 7.95. The van der Waals surface area contributed by atoms with E-state index in [1.54, 1.807) is 23.1 Å². The van der Waals surface area contributed by atoms with Gasteiger partial charge in [-0.15, -0.1) is 0 Å². The lowest BCUT2D eigenvalue weighted by atomic mass is 9.92. The summed E-state index contributed by atoms with van der Waals surface area (Å²) in [6.45, 7) is 2.59.